The molecule has 0 saturated heterocycles. The van der Waals surface area contributed by atoms with Gasteiger partial charge in [0.1, 0.15) is 0 Å². The van der Waals surface area contributed by atoms with E-state index in [9.17, 15) is 0 Å². The standard InChI is InChI=1S/C13H21N5/c1-9(2)18-8-11(4)13(16-18)14-7-12-10(3)6-15-17(12)5/h6,8-9H,7H2,1-5H3,(H,14,16). The molecule has 0 aromatic carbocycles. The highest BCUT2D eigenvalue weighted by molar-refractivity contribution is 5.42. The van der Waals surface area contributed by atoms with Crippen molar-refractivity contribution in [2.45, 2.75) is 40.3 Å². The third-order valence-corrected chi connectivity index (χ3v) is 3.14. The molecule has 0 amide bonds. The summed E-state index contributed by atoms with van der Waals surface area (Å²) in [5.74, 6) is 0.948. The van der Waals surface area contributed by atoms with Crippen molar-refractivity contribution in [3.8, 4) is 0 Å². The molecule has 2 heterocycles. The zero-order valence-corrected chi connectivity index (χ0v) is 11.7. The third-order valence-electron chi connectivity index (χ3n) is 3.14. The first-order valence-corrected chi connectivity index (χ1v) is 6.26. The Morgan fingerprint density at radius 3 is 2.50 bits per heavy atom. The molecule has 0 atom stereocenters. The number of aryl methyl sites for hydroxylation is 3. The minimum Gasteiger partial charge on any atom is -0.363 e. The van der Waals surface area contributed by atoms with Gasteiger partial charge < -0.3 is 5.32 Å². The molecule has 5 nitrogen and oxygen atoms in total. The third kappa shape index (κ3) is 2.39. The predicted molar refractivity (Wildman–Crippen MR) is 72.6 cm³/mol. The van der Waals surface area contributed by atoms with E-state index < -0.39 is 0 Å². The molecule has 0 unspecified atom stereocenters. The van der Waals surface area contributed by atoms with Crippen molar-refractivity contribution in [2.24, 2.45) is 7.05 Å². The van der Waals surface area contributed by atoms with Crippen LogP contribution in [0.3, 0.4) is 0 Å². The summed E-state index contributed by atoms with van der Waals surface area (Å²) >= 11 is 0. The van der Waals surface area contributed by atoms with Crippen LogP contribution in [0.15, 0.2) is 12.4 Å². The highest BCUT2D eigenvalue weighted by Crippen LogP contribution is 2.16. The monoisotopic (exact) mass is 247 g/mol. The van der Waals surface area contributed by atoms with Gasteiger partial charge in [0.05, 0.1) is 18.4 Å². The summed E-state index contributed by atoms with van der Waals surface area (Å²) in [5.41, 5.74) is 3.56. The number of hydrogen-bond acceptors (Lipinski definition) is 3. The normalized spacial score (nSPS) is 11.2. The van der Waals surface area contributed by atoms with E-state index in [0.29, 0.717) is 6.04 Å². The molecular formula is C13H21N5. The highest BCUT2D eigenvalue weighted by atomic mass is 15.3. The summed E-state index contributed by atoms with van der Waals surface area (Å²) in [7, 11) is 1.96. The van der Waals surface area contributed by atoms with Crippen LogP contribution in [0, 0.1) is 13.8 Å². The van der Waals surface area contributed by atoms with Crippen LogP contribution in [0.25, 0.3) is 0 Å². The molecule has 0 aliphatic rings. The van der Waals surface area contributed by atoms with Gasteiger partial charge in [-0.2, -0.15) is 10.2 Å². The van der Waals surface area contributed by atoms with Gasteiger partial charge in [0.25, 0.3) is 0 Å². The Balaban J connectivity index is 2.11. The number of hydrogen-bond donors (Lipinski definition) is 1. The molecule has 0 radical (unpaired) electrons. The topological polar surface area (TPSA) is 47.7 Å². The second-order valence-electron chi connectivity index (χ2n) is 4.99. The number of rotatable bonds is 4. The van der Waals surface area contributed by atoms with E-state index in [2.05, 4.69) is 49.4 Å². The van der Waals surface area contributed by atoms with Gasteiger partial charge in [0.15, 0.2) is 5.82 Å². The van der Waals surface area contributed by atoms with Crippen molar-refractivity contribution in [3.63, 3.8) is 0 Å². The van der Waals surface area contributed by atoms with E-state index >= 15 is 0 Å². The smallest absolute Gasteiger partial charge is 0.151 e. The number of aromatic nitrogens is 4. The Hall–Kier alpha value is -1.78. The summed E-state index contributed by atoms with van der Waals surface area (Å²) in [6.07, 6.45) is 3.96. The van der Waals surface area contributed by atoms with E-state index in [-0.39, 0.29) is 0 Å². The molecule has 2 rings (SSSR count). The van der Waals surface area contributed by atoms with Gasteiger partial charge in [-0.1, -0.05) is 0 Å². The molecule has 18 heavy (non-hydrogen) atoms. The van der Waals surface area contributed by atoms with E-state index in [0.717, 1.165) is 12.4 Å². The van der Waals surface area contributed by atoms with Crippen molar-refractivity contribution >= 4 is 5.82 Å². The van der Waals surface area contributed by atoms with Crippen molar-refractivity contribution < 1.29 is 0 Å². The van der Waals surface area contributed by atoms with Crippen molar-refractivity contribution in [3.05, 3.63) is 29.2 Å². The Bertz CT molecular complexity index is 516. The summed E-state index contributed by atoms with van der Waals surface area (Å²) in [6.45, 7) is 9.15. The molecule has 98 valence electrons. The Kier molecular flexibility index (Phi) is 3.41. The van der Waals surface area contributed by atoms with Gasteiger partial charge in [0, 0.05) is 24.8 Å². The number of nitrogens with zero attached hydrogens (tertiary/aromatic N) is 4. The molecule has 0 aliphatic heterocycles. The largest absolute Gasteiger partial charge is 0.363 e. The van der Waals surface area contributed by atoms with Crippen LogP contribution in [0.5, 0.6) is 0 Å². The van der Waals surface area contributed by atoms with Crippen LogP contribution in [0.2, 0.25) is 0 Å². The van der Waals surface area contributed by atoms with Crippen LogP contribution in [0.1, 0.15) is 36.7 Å². The Morgan fingerprint density at radius 1 is 1.28 bits per heavy atom. The molecule has 2 aromatic rings. The first kappa shape index (κ1) is 12.7. The van der Waals surface area contributed by atoms with Gasteiger partial charge in [-0.3, -0.25) is 9.36 Å². The van der Waals surface area contributed by atoms with Gasteiger partial charge in [-0.25, -0.2) is 0 Å². The molecule has 0 spiro atoms. The lowest BCUT2D eigenvalue weighted by Crippen LogP contribution is -2.08. The first-order valence-electron chi connectivity index (χ1n) is 6.26. The minimum atomic E-state index is 0.387. The fraction of sp³-hybridized carbons (Fsp3) is 0.538. The van der Waals surface area contributed by atoms with Crippen molar-refractivity contribution in [1.82, 2.24) is 19.6 Å². The van der Waals surface area contributed by atoms with Gasteiger partial charge in [0.2, 0.25) is 0 Å². The van der Waals surface area contributed by atoms with E-state index in [1.54, 1.807) is 0 Å². The second-order valence-corrected chi connectivity index (χ2v) is 4.99. The van der Waals surface area contributed by atoms with Crippen LogP contribution in [-0.2, 0) is 13.6 Å². The maximum absolute atomic E-state index is 4.54. The molecule has 5 heteroatoms. The quantitative estimate of drug-likeness (QED) is 0.902. The number of anilines is 1. The molecule has 0 bridgehead atoms. The zero-order valence-electron chi connectivity index (χ0n) is 11.7. The molecule has 2 aromatic heterocycles. The zero-order chi connectivity index (χ0) is 13.3. The average molecular weight is 247 g/mol. The predicted octanol–water partition coefficient (Wildman–Crippen LogP) is 2.43. The second kappa shape index (κ2) is 4.84. The highest BCUT2D eigenvalue weighted by Gasteiger charge is 2.09. The van der Waals surface area contributed by atoms with E-state index in [1.807, 2.05) is 22.6 Å². The molecule has 0 saturated carbocycles. The average Bonchev–Trinajstić information content (AvgIpc) is 2.82. The maximum atomic E-state index is 4.54. The van der Waals surface area contributed by atoms with Crippen LogP contribution < -0.4 is 5.32 Å². The van der Waals surface area contributed by atoms with Crippen molar-refractivity contribution in [2.75, 3.05) is 5.32 Å². The molecule has 0 fully saturated rings. The minimum absolute atomic E-state index is 0.387. The Labute approximate surface area is 108 Å². The summed E-state index contributed by atoms with van der Waals surface area (Å²) in [5, 5.41) is 12.2. The fourth-order valence-corrected chi connectivity index (χ4v) is 1.92. The van der Waals surface area contributed by atoms with Crippen molar-refractivity contribution in [1.29, 1.82) is 0 Å². The van der Waals surface area contributed by atoms with E-state index in [4.69, 9.17) is 0 Å². The molecule has 0 aliphatic carbocycles. The van der Waals surface area contributed by atoms with Gasteiger partial charge in [-0.05, 0) is 33.3 Å². The summed E-state index contributed by atoms with van der Waals surface area (Å²) in [6, 6.07) is 0.387. The van der Waals surface area contributed by atoms with E-state index in [1.165, 1.54) is 16.8 Å². The van der Waals surface area contributed by atoms with Gasteiger partial charge >= 0.3 is 0 Å². The number of nitrogens with one attached hydrogen (secondary N) is 1. The van der Waals surface area contributed by atoms with Crippen LogP contribution >= 0.6 is 0 Å². The maximum Gasteiger partial charge on any atom is 0.151 e. The molecular weight excluding hydrogens is 226 g/mol. The summed E-state index contributed by atoms with van der Waals surface area (Å²) < 4.78 is 3.88. The fourth-order valence-electron chi connectivity index (χ4n) is 1.92. The first-order chi connectivity index (χ1) is 8.49. The van der Waals surface area contributed by atoms with Gasteiger partial charge in [-0.15, -0.1) is 0 Å². The summed E-state index contributed by atoms with van der Waals surface area (Å²) in [4.78, 5) is 0. The van der Waals surface area contributed by atoms with Crippen LogP contribution in [0.4, 0.5) is 5.82 Å². The molecule has 1 N–H and O–H groups in total. The van der Waals surface area contributed by atoms with Crippen LogP contribution in [-0.4, -0.2) is 19.6 Å². The lowest BCUT2D eigenvalue weighted by molar-refractivity contribution is 0.533. The SMILES string of the molecule is Cc1cn(C(C)C)nc1NCc1c(C)cnn1C. The lowest BCUT2D eigenvalue weighted by Gasteiger charge is -2.07. The Morgan fingerprint density at radius 2 is 2.00 bits per heavy atom. The lowest BCUT2D eigenvalue weighted by atomic mass is 10.2.